The number of Topliss-reactive ketones (excluding diaryl/α,β-unsaturated/α-hetero) is 1. The Bertz CT molecular complexity index is 998. The molecular weight excluding hydrogens is 423 g/mol. The van der Waals surface area contributed by atoms with Crippen LogP contribution in [0.25, 0.3) is 5.76 Å². The molecule has 1 saturated heterocycles. The quantitative estimate of drug-likeness (QED) is 0.328. The Morgan fingerprint density at radius 3 is 2.24 bits per heavy atom. The lowest BCUT2D eigenvalue weighted by atomic mass is 9.95. The molecule has 1 N–H and O–H groups in total. The number of aliphatic hydroxyl groups excluding tert-OH is 1. The van der Waals surface area contributed by atoms with Crippen LogP contribution in [0.4, 0.5) is 4.39 Å². The summed E-state index contributed by atoms with van der Waals surface area (Å²) in [7, 11) is 0. The lowest BCUT2D eigenvalue weighted by Gasteiger charge is -2.28. The zero-order valence-electron chi connectivity index (χ0n) is 19.4. The average Bonchev–Trinajstić information content (AvgIpc) is 3.08. The molecule has 0 aromatic heterocycles. The van der Waals surface area contributed by atoms with Crippen molar-refractivity contribution in [2.45, 2.75) is 33.2 Å². The van der Waals surface area contributed by atoms with Crippen molar-refractivity contribution in [1.29, 1.82) is 0 Å². The Balaban J connectivity index is 2.04. The summed E-state index contributed by atoms with van der Waals surface area (Å²) in [6, 6.07) is 11.7. The van der Waals surface area contributed by atoms with Crippen molar-refractivity contribution in [2.24, 2.45) is 0 Å². The highest BCUT2D eigenvalue weighted by molar-refractivity contribution is 6.46. The number of ether oxygens (including phenoxy) is 1. The molecule has 0 saturated carbocycles. The fourth-order valence-electron chi connectivity index (χ4n) is 3.98. The maximum absolute atomic E-state index is 13.4. The summed E-state index contributed by atoms with van der Waals surface area (Å²) in [4.78, 5) is 29.7. The summed E-state index contributed by atoms with van der Waals surface area (Å²) in [6.07, 6.45) is 0.880. The molecule has 0 bridgehead atoms. The Morgan fingerprint density at radius 1 is 1.03 bits per heavy atom. The molecule has 1 aliphatic rings. The Kier molecular flexibility index (Phi) is 8.22. The Morgan fingerprint density at radius 2 is 1.67 bits per heavy atom. The van der Waals surface area contributed by atoms with E-state index < -0.39 is 23.5 Å². The van der Waals surface area contributed by atoms with Crippen molar-refractivity contribution < 1.29 is 23.8 Å². The van der Waals surface area contributed by atoms with E-state index >= 15 is 0 Å². The third-order valence-electron chi connectivity index (χ3n) is 5.88. The lowest BCUT2D eigenvalue weighted by molar-refractivity contribution is -0.140. The molecular formula is C26H31FN2O4. The second-order valence-corrected chi connectivity index (χ2v) is 7.94. The van der Waals surface area contributed by atoms with Crippen LogP contribution in [0.3, 0.4) is 0 Å². The molecule has 1 aliphatic heterocycles. The fraction of sp³-hybridized carbons (Fsp3) is 0.385. The van der Waals surface area contributed by atoms with E-state index in [-0.39, 0.29) is 16.9 Å². The van der Waals surface area contributed by atoms with Gasteiger partial charge in [-0.25, -0.2) is 4.39 Å². The highest BCUT2D eigenvalue weighted by Crippen LogP contribution is 2.39. The zero-order chi connectivity index (χ0) is 24.0. The van der Waals surface area contributed by atoms with Gasteiger partial charge >= 0.3 is 0 Å². The van der Waals surface area contributed by atoms with Gasteiger partial charge in [-0.1, -0.05) is 32.9 Å². The first-order valence-electron chi connectivity index (χ1n) is 11.4. The largest absolute Gasteiger partial charge is 0.507 e. The van der Waals surface area contributed by atoms with Crippen LogP contribution < -0.4 is 4.74 Å². The van der Waals surface area contributed by atoms with E-state index in [2.05, 4.69) is 4.90 Å². The Labute approximate surface area is 194 Å². The normalized spacial score (nSPS) is 17.7. The fourth-order valence-corrected chi connectivity index (χ4v) is 3.98. The minimum absolute atomic E-state index is 0.00776. The number of carbonyl (C=O) groups is 2. The third kappa shape index (κ3) is 5.42. The summed E-state index contributed by atoms with van der Waals surface area (Å²) < 4.78 is 19.0. The molecule has 176 valence electrons. The summed E-state index contributed by atoms with van der Waals surface area (Å²) >= 11 is 0. The molecule has 2 aromatic rings. The van der Waals surface area contributed by atoms with Gasteiger partial charge in [0, 0.05) is 18.7 Å². The van der Waals surface area contributed by atoms with Gasteiger partial charge in [0.2, 0.25) is 0 Å². The highest BCUT2D eigenvalue weighted by Gasteiger charge is 2.45. The molecule has 1 heterocycles. The summed E-state index contributed by atoms with van der Waals surface area (Å²) in [5, 5.41) is 11.0. The maximum atomic E-state index is 13.4. The first-order chi connectivity index (χ1) is 15.9. The molecule has 33 heavy (non-hydrogen) atoms. The van der Waals surface area contributed by atoms with Gasteiger partial charge in [0.05, 0.1) is 18.2 Å². The monoisotopic (exact) mass is 454 g/mol. The number of rotatable bonds is 10. The number of likely N-dealkylation sites (N-methyl/N-ethyl adjacent to an activating group) is 1. The summed E-state index contributed by atoms with van der Waals surface area (Å²) in [6.45, 7) is 9.28. The van der Waals surface area contributed by atoms with Gasteiger partial charge < -0.3 is 19.6 Å². The number of benzene rings is 2. The van der Waals surface area contributed by atoms with E-state index in [1.165, 1.54) is 29.2 Å². The minimum Gasteiger partial charge on any atom is -0.507 e. The van der Waals surface area contributed by atoms with Crippen LogP contribution >= 0.6 is 0 Å². The van der Waals surface area contributed by atoms with E-state index in [1.807, 2.05) is 32.9 Å². The molecule has 0 aliphatic carbocycles. The van der Waals surface area contributed by atoms with Gasteiger partial charge in [-0.05, 0) is 61.5 Å². The van der Waals surface area contributed by atoms with Crippen LogP contribution in [0.15, 0.2) is 54.1 Å². The van der Waals surface area contributed by atoms with Crippen LogP contribution in [-0.2, 0) is 9.59 Å². The number of ketones is 1. The number of aliphatic hydroxyl groups is 1. The van der Waals surface area contributed by atoms with Gasteiger partial charge in [-0.15, -0.1) is 0 Å². The molecule has 6 nitrogen and oxygen atoms in total. The summed E-state index contributed by atoms with van der Waals surface area (Å²) in [5.41, 5.74) is 0.987. The lowest BCUT2D eigenvalue weighted by Crippen LogP contribution is -2.38. The van der Waals surface area contributed by atoms with Crippen LogP contribution in [0.1, 0.15) is 44.4 Å². The molecule has 1 atom stereocenters. The first-order valence-corrected chi connectivity index (χ1v) is 11.4. The number of nitrogens with zero attached hydrogens (tertiary/aromatic N) is 2. The summed E-state index contributed by atoms with van der Waals surface area (Å²) in [5.74, 6) is -1.46. The Hall–Kier alpha value is -3.19. The van der Waals surface area contributed by atoms with Crippen molar-refractivity contribution in [3.05, 3.63) is 71.0 Å². The molecule has 2 aromatic carbocycles. The van der Waals surface area contributed by atoms with E-state index in [0.717, 1.165) is 19.5 Å². The van der Waals surface area contributed by atoms with Gasteiger partial charge in [0.25, 0.3) is 11.7 Å². The smallest absolute Gasteiger partial charge is 0.295 e. The molecule has 3 rings (SSSR count). The number of hydrogen-bond donors (Lipinski definition) is 1. The number of likely N-dealkylation sites (tertiary alicyclic amines) is 1. The number of carbonyl (C=O) groups excluding carboxylic acids is 2. The van der Waals surface area contributed by atoms with Crippen molar-refractivity contribution in [1.82, 2.24) is 9.80 Å². The van der Waals surface area contributed by atoms with Gasteiger partial charge in [0.1, 0.15) is 17.3 Å². The second-order valence-electron chi connectivity index (χ2n) is 7.94. The predicted molar refractivity (Wildman–Crippen MR) is 125 cm³/mol. The van der Waals surface area contributed by atoms with E-state index in [9.17, 15) is 19.1 Å². The molecule has 0 radical (unpaired) electrons. The number of hydrogen-bond acceptors (Lipinski definition) is 5. The van der Waals surface area contributed by atoms with E-state index in [0.29, 0.717) is 31.0 Å². The van der Waals surface area contributed by atoms with Crippen LogP contribution in [0, 0.1) is 5.82 Å². The second kappa shape index (κ2) is 11.1. The van der Waals surface area contributed by atoms with Crippen molar-refractivity contribution in [3.8, 4) is 5.75 Å². The molecule has 0 spiro atoms. The zero-order valence-corrected chi connectivity index (χ0v) is 19.4. The third-order valence-corrected chi connectivity index (χ3v) is 5.88. The van der Waals surface area contributed by atoms with Crippen LogP contribution in [-0.4, -0.2) is 59.4 Å². The van der Waals surface area contributed by atoms with Gasteiger partial charge in [-0.2, -0.15) is 0 Å². The van der Waals surface area contributed by atoms with Crippen molar-refractivity contribution in [2.75, 3.05) is 32.8 Å². The topological polar surface area (TPSA) is 70.1 Å². The number of amides is 1. The SMILES string of the molecule is CCCOc1ccc([C@@H]2C(=C(O)c3ccc(F)cc3)C(=O)C(=O)N2CCN(CC)CC)cc1. The van der Waals surface area contributed by atoms with Gasteiger partial charge in [-0.3, -0.25) is 9.59 Å². The van der Waals surface area contributed by atoms with Crippen molar-refractivity contribution in [3.63, 3.8) is 0 Å². The van der Waals surface area contributed by atoms with Crippen molar-refractivity contribution >= 4 is 17.4 Å². The predicted octanol–water partition coefficient (Wildman–Crippen LogP) is 4.38. The molecule has 1 amide bonds. The van der Waals surface area contributed by atoms with E-state index in [1.54, 1.807) is 12.1 Å². The molecule has 0 unspecified atom stereocenters. The van der Waals surface area contributed by atoms with Gasteiger partial charge in [0.15, 0.2) is 0 Å². The molecule has 1 fully saturated rings. The van der Waals surface area contributed by atoms with Crippen LogP contribution in [0.2, 0.25) is 0 Å². The average molecular weight is 455 g/mol. The first kappa shape index (κ1) is 24.5. The van der Waals surface area contributed by atoms with E-state index in [4.69, 9.17) is 4.74 Å². The maximum Gasteiger partial charge on any atom is 0.295 e. The standard InChI is InChI=1S/C26H31FN2O4/c1-4-17-33-21-13-9-18(10-14-21)23-22(24(30)19-7-11-20(27)12-8-19)25(31)26(32)29(23)16-15-28(5-2)6-3/h7-14,23,30H,4-6,15-17H2,1-3H3/t23-/m1/s1. The molecule has 7 heteroatoms. The minimum atomic E-state index is -0.745. The highest BCUT2D eigenvalue weighted by atomic mass is 19.1. The van der Waals surface area contributed by atoms with Crippen LogP contribution in [0.5, 0.6) is 5.75 Å². The number of halogens is 1.